The summed E-state index contributed by atoms with van der Waals surface area (Å²) >= 11 is 1.53. The lowest BCUT2D eigenvalue weighted by Gasteiger charge is -2.11. The summed E-state index contributed by atoms with van der Waals surface area (Å²) < 4.78 is 16.4. The Labute approximate surface area is 176 Å². The molecule has 2 rings (SSSR count). The standard InChI is InChI=1S/C22H28N2O4S/c1-4-12-28-20-11-8-18(13-21(20)27-5-2)14-23-24-22(25)16-29-15-17-6-9-19(26-3)10-7-17/h6-11,13-14H,4-5,12,15-16H2,1-3H3,(H,24,25)/b23-14+. The highest BCUT2D eigenvalue weighted by molar-refractivity contribution is 7.99. The SMILES string of the molecule is CCCOc1ccc(/C=N/NC(=O)CSCc2ccc(OC)cc2)cc1OCC. The van der Waals surface area contributed by atoms with E-state index in [0.29, 0.717) is 30.5 Å². The van der Waals surface area contributed by atoms with Gasteiger partial charge in [0.1, 0.15) is 5.75 Å². The van der Waals surface area contributed by atoms with Crippen LogP contribution >= 0.6 is 11.8 Å². The average Bonchev–Trinajstić information content (AvgIpc) is 2.74. The van der Waals surface area contributed by atoms with Gasteiger partial charge in [0, 0.05) is 5.75 Å². The summed E-state index contributed by atoms with van der Waals surface area (Å²) in [6.45, 7) is 5.16. The first-order valence-electron chi connectivity index (χ1n) is 9.58. The van der Waals surface area contributed by atoms with Gasteiger partial charge in [-0.15, -0.1) is 11.8 Å². The summed E-state index contributed by atoms with van der Waals surface area (Å²) in [6.07, 6.45) is 2.52. The van der Waals surface area contributed by atoms with Crippen LogP contribution in [-0.2, 0) is 10.5 Å². The number of thioether (sulfide) groups is 1. The lowest BCUT2D eigenvalue weighted by Crippen LogP contribution is -2.19. The van der Waals surface area contributed by atoms with Gasteiger partial charge < -0.3 is 14.2 Å². The molecule has 0 aliphatic carbocycles. The smallest absolute Gasteiger partial charge is 0.250 e. The summed E-state index contributed by atoms with van der Waals surface area (Å²) in [5.41, 5.74) is 4.52. The number of carbonyl (C=O) groups is 1. The molecule has 0 saturated carbocycles. The van der Waals surface area contributed by atoms with E-state index in [2.05, 4.69) is 17.5 Å². The monoisotopic (exact) mass is 416 g/mol. The van der Waals surface area contributed by atoms with Gasteiger partial charge >= 0.3 is 0 Å². The summed E-state index contributed by atoms with van der Waals surface area (Å²) in [6, 6.07) is 13.4. The average molecular weight is 417 g/mol. The molecule has 0 aliphatic heterocycles. The zero-order chi connectivity index (χ0) is 20.9. The van der Waals surface area contributed by atoms with Gasteiger partial charge in [-0.3, -0.25) is 4.79 Å². The van der Waals surface area contributed by atoms with E-state index in [1.54, 1.807) is 13.3 Å². The minimum Gasteiger partial charge on any atom is -0.497 e. The van der Waals surface area contributed by atoms with E-state index in [1.165, 1.54) is 11.8 Å². The zero-order valence-electron chi connectivity index (χ0n) is 17.1. The van der Waals surface area contributed by atoms with Gasteiger partial charge in [-0.2, -0.15) is 5.10 Å². The van der Waals surface area contributed by atoms with E-state index < -0.39 is 0 Å². The molecule has 0 aromatic heterocycles. The zero-order valence-corrected chi connectivity index (χ0v) is 18.0. The molecule has 2 aromatic rings. The van der Waals surface area contributed by atoms with Crippen LogP contribution < -0.4 is 19.6 Å². The van der Waals surface area contributed by atoms with Crippen LogP contribution in [-0.4, -0.2) is 38.2 Å². The first-order chi connectivity index (χ1) is 14.2. The minimum absolute atomic E-state index is 0.146. The number of hydrazone groups is 1. The lowest BCUT2D eigenvalue weighted by atomic mass is 10.2. The predicted molar refractivity (Wildman–Crippen MR) is 118 cm³/mol. The number of amides is 1. The first kappa shape index (κ1) is 22.6. The summed E-state index contributed by atoms with van der Waals surface area (Å²) in [5.74, 6) is 3.14. The fourth-order valence-corrected chi connectivity index (χ4v) is 3.18. The Morgan fingerprint density at radius 2 is 1.90 bits per heavy atom. The van der Waals surface area contributed by atoms with Gasteiger partial charge in [0.05, 0.1) is 32.3 Å². The van der Waals surface area contributed by atoms with Crippen LogP contribution in [0.25, 0.3) is 0 Å². The maximum Gasteiger partial charge on any atom is 0.250 e. The number of hydrogen-bond acceptors (Lipinski definition) is 6. The maximum absolute atomic E-state index is 12.0. The number of nitrogens with zero attached hydrogens (tertiary/aromatic N) is 1. The molecular formula is C22H28N2O4S. The van der Waals surface area contributed by atoms with Crippen molar-refractivity contribution in [3.05, 3.63) is 53.6 Å². The highest BCUT2D eigenvalue weighted by atomic mass is 32.2. The number of carbonyl (C=O) groups excluding carboxylic acids is 1. The van der Waals surface area contributed by atoms with Crippen molar-refractivity contribution < 1.29 is 19.0 Å². The third kappa shape index (κ3) is 8.07. The first-order valence-corrected chi connectivity index (χ1v) is 10.7. The third-order valence-electron chi connectivity index (χ3n) is 3.79. The molecule has 0 aliphatic rings. The Bertz CT molecular complexity index is 794. The highest BCUT2D eigenvalue weighted by Gasteiger charge is 2.06. The molecule has 0 unspecified atom stereocenters. The molecule has 0 spiro atoms. The van der Waals surface area contributed by atoms with E-state index in [9.17, 15) is 4.79 Å². The van der Waals surface area contributed by atoms with E-state index >= 15 is 0 Å². The van der Waals surface area contributed by atoms with Crippen molar-refractivity contribution in [2.24, 2.45) is 5.10 Å². The molecule has 0 fully saturated rings. The molecule has 156 valence electrons. The molecule has 0 heterocycles. The van der Waals surface area contributed by atoms with Crippen molar-refractivity contribution >= 4 is 23.9 Å². The second-order valence-electron chi connectivity index (χ2n) is 6.12. The van der Waals surface area contributed by atoms with Gasteiger partial charge in [-0.25, -0.2) is 5.43 Å². The number of hydrogen-bond donors (Lipinski definition) is 1. The normalized spacial score (nSPS) is 10.7. The second kappa shape index (κ2) is 12.7. The predicted octanol–water partition coefficient (Wildman–Crippen LogP) is 4.27. The number of benzene rings is 2. The fraction of sp³-hybridized carbons (Fsp3) is 0.364. The molecule has 29 heavy (non-hydrogen) atoms. The largest absolute Gasteiger partial charge is 0.497 e. The number of ether oxygens (including phenoxy) is 3. The highest BCUT2D eigenvalue weighted by Crippen LogP contribution is 2.28. The van der Waals surface area contributed by atoms with E-state index in [0.717, 1.165) is 29.1 Å². The molecule has 0 bridgehead atoms. The quantitative estimate of drug-likeness (QED) is 0.413. The summed E-state index contributed by atoms with van der Waals surface area (Å²) in [4.78, 5) is 12.0. The van der Waals surface area contributed by atoms with E-state index in [4.69, 9.17) is 14.2 Å². The Hall–Kier alpha value is -2.67. The Morgan fingerprint density at radius 1 is 1.10 bits per heavy atom. The second-order valence-corrected chi connectivity index (χ2v) is 7.11. The molecule has 1 amide bonds. The molecule has 2 aromatic carbocycles. The van der Waals surface area contributed by atoms with Crippen molar-refractivity contribution in [2.45, 2.75) is 26.0 Å². The Balaban J connectivity index is 1.80. The number of rotatable bonds is 12. The van der Waals surface area contributed by atoms with Crippen LogP contribution in [0, 0.1) is 0 Å². The van der Waals surface area contributed by atoms with Crippen molar-refractivity contribution in [3.8, 4) is 17.2 Å². The van der Waals surface area contributed by atoms with Crippen LogP contribution in [0.2, 0.25) is 0 Å². The Morgan fingerprint density at radius 3 is 2.59 bits per heavy atom. The van der Waals surface area contributed by atoms with Gasteiger partial charge in [-0.05, 0) is 54.8 Å². The number of nitrogens with one attached hydrogen (secondary N) is 1. The van der Waals surface area contributed by atoms with E-state index in [-0.39, 0.29) is 5.91 Å². The molecule has 0 atom stereocenters. The molecule has 1 N–H and O–H groups in total. The van der Waals surface area contributed by atoms with Crippen molar-refractivity contribution in [1.82, 2.24) is 5.43 Å². The third-order valence-corrected chi connectivity index (χ3v) is 4.80. The van der Waals surface area contributed by atoms with Crippen LogP contribution in [0.15, 0.2) is 47.6 Å². The van der Waals surface area contributed by atoms with Crippen LogP contribution in [0.3, 0.4) is 0 Å². The van der Waals surface area contributed by atoms with E-state index in [1.807, 2.05) is 49.4 Å². The molecular weight excluding hydrogens is 388 g/mol. The van der Waals surface area contributed by atoms with Crippen molar-refractivity contribution in [2.75, 3.05) is 26.1 Å². The van der Waals surface area contributed by atoms with Crippen LogP contribution in [0.4, 0.5) is 0 Å². The fourth-order valence-electron chi connectivity index (χ4n) is 2.40. The van der Waals surface area contributed by atoms with Gasteiger partial charge in [-0.1, -0.05) is 19.1 Å². The van der Waals surface area contributed by atoms with Crippen molar-refractivity contribution in [1.29, 1.82) is 0 Å². The minimum atomic E-state index is -0.146. The topological polar surface area (TPSA) is 69.2 Å². The molecule has 7 heteroatoms. The van der Waals surface area contributed by atoms with Crippen LogP contribution in [0.5, 0.6) is 17.2 Å². The van der Waals surface area contributed by atoms with Gasteiger partial charge in [0.2, 0.25) is 5.91 Å². The molecule has 6 nitrogen and oxygen atoms in total. The van der Waals surface area contributed by atoms with Gasteiger partial charge in [0.25, 0.3) is 0 Å². The van der Waals surface area contributed by atoms with Crippen LogP contribution in [0.1, 0.15) is 31.4 Å². The summed E-state index contributed by atoms with van der Waals surface area (Å²) in [5, 5.41) is 4.03. The maximum atomic E-state index is 12.0. The lowest BCUT2D eigenvalue weighted by molar-refractivity contribution is -0.118. The molecule has 0 saturated heterocycles. The molecule has 0 radical (unpaired) electrons. The Kier molecular flexibility index (Phi) is 9.92. The number of methoxy groups -OCH3 is 1. The van der Waals surface area contributed by atoms with Crippen molar-refractivity contribution in [3.63, 3.8) is 0 Å². The summed E-state index contributed by atoms with van der Waals surface area (Å²) in [7, 11) is 1.64. The van der Waals surface area contributed by atoms with Gasteiger partial charge in [0.15, 0.2) is 11.5 Å².